The molecule has 2 aliphatic rings. The van der Waals surface area contributed by atoms with E-state index < -0.39 is 0 Å². The zero-order valence-electron chi connectivity index (χ0n) is 14.9. The molecule has 2 N–H and O–H groups in total. The van der Waals surface area contributed by atoms with E-state index in [-0.39, 0.29) is 29.5 Å². The van der Waals surface area contributed by atoms with Gasteiger partial charge in [-0.3, -0.25) is 9.59 Å². The average molecular weight is 355 g/mol. The van der Waals surface area contributed by atoms with E-state index in [1.807, 2.05) is 24.3 Å². The van der Waals surface area contributed by atoms with Crippen LogP contribution >= 0.6 is 0 Å². The fraction of sp³-hybridized carbons (Fsp3) is 0.550. The number of hydrogen-bond acceptors (Lipinski definition) is 4. The maximum Gasteiger partial charge on any atom is 0.270 e. The van der Waals surface area contributed by atoms with Crippen molar-refractivity contribution in [1.29, 1.82) is 0 Å². The number of rotatable bonds is 4. The van der Waals surface area contributed by atoms with Gasteiger partial charge < -0.3 is 15.0 Å². The molecule has 138 valence electrons. The SMILES string of the molecule is O=C(CCc1nc2ccccc2[nH]c1=O)N[C@@H]1COC2(CCCCC2)C1. The van der Waals surface area contributed by atoms with Gasteiger partial charge in [0.15, 0.2) is 0 Å². The zero-order chi connectivity index (χ0) is 18.0. The molecular weight excluding hydrogens is 330 g/mol. The van der Waals surface area contributed by atoms with E-state index in [4.69, 9.17) is 4.74 Å². The molecule has 1 aromatic heterocycles. The number of carbonyl (C=O) groups excluding carboxylic acids is 1. The van der Waals surface area contributed by atoms with Crippen molar-refractivity contribution < 1.29 is 9.53 Å². The molecule has 4 rings (SSSR count). The molecule has 1 amide bonds. The van der Waals surface area contributed by atoms with Gasteiger partial charge in [-0.2, -0.15) is 0 Å². The van der Waals surface area contributed by atoms with Crippen molar-refractivity contribution in [1.82, 2.24) is 15.3 Å². The number of H-pyrrole nitrogens is 1. The predicted octanol–water partition coefficient (Wildman–Crippen LogP) is 2.46. The lowest BCUT2D eigenvalue weighted by Gasteiger charge is -2.32. The van der Waals surface area contributed by atoms with Crippen LogP contribution in [0.2, 0.25) is 0 Å². The highest BCUT2D eigenvalue weighted by atomic mass is 16.5. The topological polar surface area (TPSA) is 84.1 Å². The van der Waals surface area contributed by atoms with Crippen LogP contribution in [-0.4, -0.2) is 34.1 Å². The normalized spacial score (nSPS) is 21.9. The largest absolute Gasteiger partial charge is 0.373 e. The van der Waals surface area contributed by atoms with Crippen LogP contribution in [0, 0.1) is 0 Å². The number of fused-ring (bicyclic) bond motifs is 1. The molecule has 0 radical (unpaired) electrons. The number of nitrogens with zero attached hydrogens (tertiary/aromatic N) is 1. The fourth-order valence-electron chi connectivity index (χ4n) is 4.25. The summed E-state index contributed by atoms with van der Waals surface area (Å²) in [6, 6.07) is 7.50. The first-order chi connectivity index (χ1) is 12.6. The number of hydrogen-bond donors (Lipinski definition) is 2. The summed E-state index contributed by atoms with van der Waals surface area (Å²) in [5.41, 5.74) is 1.64. The molecule has 1 aliphatic carbocycles. The van der Waals surface area contributed by atoms with Gasteiger partial charge in [-0.1, -0.05) is 31.4 Å². The molecular formula is C20H25N3O3. The Hall–Kier alpha value is -2.21. The molecule has 6 nitrogen and oxygen atoms in total. The van der Waals surface area contributed by atoms with Gasteiger partial charge in [0, 0.05) is 12.8 Å². The Kier molecular flexibility index (Phi) is 4.76. The van der Waals surface area contributed by atoms with Crippen molar-refractivity contribution in [2.75, 3.05) is 6.61 Å². The van der Waals surface area contributed by atoms with Gasteiger partial charge in [0.25, 0.3) is 5.56 Å². The summed E-state index contributed by atoms with van der Waals surface area (Å²) in [5.74, 6) is -0.0409. The minimum absolute atomic E-state index is 0.00670. The first kappa shape index (κ1) is 17.2. The van der Waals surface area contributed by atoms with E-state index in [0.29, 0.717) is 24.2 Å². The van der Waals surface area contributed by atoms with Crippen LogP contribution in [0.3, 0.4) is 0 Å². The zero-order valence-corrected chi connectivity index (χ0v) is 14.9. The molecule has 1 atom stereocenters. The van der Waals surface area contributed by atoms with Crippen LogP contribution in [0.25, 0.3) is 11.0 Å². The van der Waals surface area contributed by atoms with E-state index in [2.05, 4.69) is 15.3 Å². The predicted molar refractivity (Wildman–Crippen MR) is 99.0 cm³/mol. The summed E-state index contributed by atoms with van der Waals surface area (Å²) in [4.78, 5) is 31.7. The van der Waals surface area contributed by atoms with Gasteiger partial charge in [-0.05, 0) is 31.4 Å². The Balaban J connectivity index is 1.33. The van der Waals surface area contributed by atoms with Crippen molar-refractivity contribution in [3.8, 4) is 0 Å². The number of ether oxygens (including phenoxy) is 1. The van der Waals surface area contributed by atoms with Gasteiger partial charge in [0.1, 0.15) is 5.69 Å². The average Bonchev–Trinajstić information content (AvgIpc) is 3.02. The van der Waals surface area contributed by atoms with Crippen molar-refractivity contribution in [3.05, 3.63) is 40.3 Å². The maximum atomic E-state index is 12.3. The molecule has 0 bridgehead atoms. The van der Waals surface area contributed by atoms with Crippen molar-refractivity contribution in [2.45, 2.75) is 63.0 Å². The Labute approximate surface area is 152 Å². The number of benzene rings is 1. The van der Waals surface area contributed by atoms with Gasteiger partial charge in [-0.25, -0.2) is 4.98 Å². The summed E-state index contributed by atoms with van der Waals surface area (Å²) >= 11 is 0. The lowest BCUT2D eigenvalue weighted by atomic mass is 9.82. The molecule has 1 spiro atoms. The summed E-state index contributed by atoms with van der Waals surface area (Å²) in [5, 5.41) is 3.07. The second kappa shape index (κ2) is 7.19. The van der Waals surface area contributed by atoms with Crippen LogP contribution < -0.4 is 10.9 Å². The number of aromatic amines is 1. The monoisotopic (exact) mass is 355 g/mol. The highest BCUT2D eigenvalue weighted by Crippen LogP contribution is 2.39. The molecule has 1 saturated heterocycles. The van der Waals surface area contributed by atoms with E-state index in [1.54, 1.807) is 0 Å². The van der Waals surface area contributed by atoms with Crippen LogP contribution in [0.1, 0.15) is 50.6 Å². The molecule has 0 unspecified atom stereocenters. The third-order valence-corrected chi connectivity index (χ3v) is 5.60. The van der Waals surface area contributed by atoms with Gasteiger partial charge in [0.2, 0.25) is 5.91 Å². The Morgan fingerprint density at radius 1 is 1.27 bits per heavy atom. The van der Waals surface area contributed by atoms with Crippen LogP contribution in [0.5, 0.6) is 0 Å². The van der Waals surface area contributed by atoms with E-state index >= 15 is 0 Å². The highest BCUT2D eigenvalue weighted by Gasteiger charge is 2.41. The van der Waals surface area contributed by atoms with Crippen molar-refractivity contribution >= 4 is 16.9 Å². The first-order valence-corrected chi connectivity index (χ1v) is 9.55. The maximum absolute atomic E-state index is 12.3. The van der Waals surface area contributed by atoms with Crippen LogP contribution in [0.15, 0.2) is 29.1 Å². The van der Waals surface area contributed by atoms with Crippen molar-refractivity contribution in [3.63, 3.8) is 0 Å². The molecule has 1 aromatic carbocycles. The number of nitrogens with one attached hydrogen (secondary N) is 2. The molecule has 1 saturated carbocycles. The second-order valence-electron chi connectivity index (χ2n) is 7.55. The fourth-order valence-corrected chi connectivity index (χ4v) is 4.25. The van der Waals surface area contributed by atoms with Gasteiger partial charge in [-0.15, -0.1) is 0 Å². The number of carbonyl (C=O) groups is 1. The Bertz CT molecular complexity index is 855. The number of amides is 1. The molecule has 26 heavy (non-hydrogen) atoms. The summed E-state index contributed by atoms with van der Waals surface area (Å²) in [6.07, 6.45) is 7.45. The smallest absolute Gasteiger partial charge is 0.270 e. The lowest BCUT2D eigenvalue weighted by Crippen LogP contribution is -2.37. The minimum atomic E-state index is -0.221. The van der Waals surface area contributed by atoms with E-state index in [0.717, 1.165) is 24.8 Å². The van der Waals surface area contributed by atoms with Crippen molar-refractivity contribution in [2.24, 2.45) is 0 Å². The molecule has 2 aromatic rings. The number of aromatic nitrogens is 2. The van der Waals surface area contributed by atoms with E-state index in [9.17, 15) is 9.59 Å². The number of aryl methyl sites for hydroxylation is 1. The highest BCUT2D eigenvalue weighted by molar-refractivity contribution is 5.77. The van der Waals surface area contributed by atoms with E-state index in [1.165, 1.54) is 19.3 Å². The molecule has 2 fully saturated rings. The summed E-state index contributed by atoms with van der Waals surface area (Å²) in [7, 11) is 0. The Morgan fingerprint density at radius 2 is 2.08 bits per heavy atom. The lowest BCUT2D eigenvalue weighted by molar-refractivity contribution is -0.121. The van der Waals surface area contributed by atoms with Crippen LogP contribution in [0.4, 0.5) is 0 Å². The second-order valence-corrected chi connectivity index (χ2v) is 7.55. The summed E-state index contributed by atoms with van der Waals surface area (Å²) < 4.78 is 6.04. The Morgan fingerprint density at radius 3 is 2.92 bits per heavy atom. The first-order valence-electron chi connectivity index (χ1n) is 9.55. The standard InChI is InChI=1S/C20H25N3O3/c24-18(21-14-12-20(26-13-14)10-4-1-5-11-20)9-8-17-19(25)23-16-7-3-2-6-15(16)22-17/h2-3,6-7,14H,1,4-5,8-13H2,(H,21,24)(H,23,25)/t14-/m0/s1. The van der Waals surface area contributed by atoms with Gasteiger partial charge in [0.05, 0.1) is 29.3 Å². The number of para-hydroxylation sites is 2. The third kappa shape index (κ3) is 3.65. The summed E-state index contributed by atoms with van der Waals surface area (Å²) in [6.45, 7) is 0.598. The van der Waals surface area contributed by atoms with Gasteiger partial charge >= 0.3 is 0 Å². The molecule has 6 heteroatoms. The third-order valence-electron chi connectivity index (χ3n) is 5.60. The molecule has 1 aliphatic heterocycles. The molecule has 2 heterocycles. The quantitative estimate of drug-likeness (QED) is 0.882. The van der Waals surface area contributed by atoms with Crippen LogP contribution in [-0.2, 0) is 16.0 Å². The minimum Gasteiger partial charge on any atom is -0.373 e.